The number of benzene rings is 1. The molecule has 2 fully saturated rings. The molecule has 7 heteroatoms. The number of carbonyl (C=O) groups excluding carboxylic acids is 3. The van der Waals surface area contributed by atoms with Gasteiger partial charge >= 0.3 is 6.03 Å². The van der Waals surface area contributed by atoms with Crippen LogP contribution in [0.25, 0.3) is 0 Å². The van der Waals surface area contributed by atoms with E-state index in [4.69, 9.17) is 0 Å². The van der Waals surface area contributed by atoms with E-state index in [-0.39, 0.29) is 24.4 Å². The third-order valence-electron chi connectivity index (χ3n) is 4.87. The molecule has 140 valence electrons. The van der Waals surface area contributed by atoms with E-state index < -0.39 is 11.6 Å². The van der Waals surface area contributed by atoms with Crippen molar-refractivity contribution in [2.45, 2.75) is 44.8 Å². The quantitative estimate of drug-likeness (QED) is 0.772. The molecule has 2 aliphatic rings. The molecule has 1 aromatic carbocycles. The smallest absolute Gasteiger partial charge is 0.325 e. The average molecular weight is 358 g/mol. The van der Waals surface area contributed by atoms with E-state index in [1.807, 2.05) is 18.2 Å². The summed E-state index contributed by atoms with van der Waals surface area (Å²) in [6, 6.07) is 9.78. The van der Waals surface area contributed by atoms with E-state index in [2.05, 4.69) is 27.7 Å². The fraction of sp³-hybridized carbons (Fsp3) is 0.526. The zero-order valence-electron chi connectivity index (χ0n) is 15.3. The van der Waals surface area contributed by atoms with Crippen LogP contribution in [0.4, 0.5) is 4.79 Å². The van der Waals surface area contributed by atoms with Crippen molar-refractivity contribution in [1.82, 2.24) is 20.4 Å². The van der Waals surface area contributed by atoms with E-state index >= 15 is 0 Å². The molecule has 0 spiro atoms. The SMILES string of the molecule is CC1(C)NC(=O)N(CC(=O)NC2CCCN(Cc3ccccc3)C2)C1=O. The van der Waals surface area contributed by atoms with E-state index in [0.717, 1.165) is 37.4 Å². The van der Waals surface area contributed by atoms with Crippen LogP contribution in [0.1, 0.15) is 32.3 Å². The van der Waals surface area contributed by atoms with Crippen molar-refractivity contribution in [2.24, 2.45) is 0 Å². The lowest BCUT2D eigenvalue weighted by atomic mass is 10.0. The summed E-state index contributed by atoms with van der Waals surface area (Å²) in [7, 11) is 0. The molecule has 0 bridgehead atoms. The van der Waals surface area contributed by atoms with Gasteiger partial charge in [0, 0.05) is 19.1 Å². The van der Waals surface area contributed by atoms with Crippen LogP contribution in [-0.2, 0) is 16.1 Å². The molecule has 0 radical (unpaired) electrons. The molecule has 2 heterocycles. The van der Waals surface area contributed by atoms with Crippen molar-refractivity contribution in [2.75, 3.05) is 19.6 Å². The van der Waals surface area contributed by atoms with E-state index in [0.29, 0.717) is 0 Å². The fourth-order valence-corrected chi connectivity index (χ4v) is 3.54. The van der Waals surface area contributed by atoms with Crippen LogP contribution in [0.5, 0.6) is 0 Å². The lowest BCUT2D eigenvalue weighted by molar-refractivity contribution is -0.134. The highest BCUT2D eigenvalue weighted by molar-refractivity contribution is 6.08. The number of piperidine rings is 1. The van der Waals surface area contributed by atoms with Crippen molar-refractivity contribution in [3.8, 4) is 0 Å². The highest BCUT2D eigenvalue weighted by Gasteiger charge is 2.45. The minimum absolute atomic E-state index is 0.0359. The highest BCUT2D eigenvalue weighted by Crippen LogP contribution is 2.17. The number of hydrogen-bond donors (Lipinski definition) is 2. The Bertz CT molecular complexity index is 689. The van der Waals surface area contributed by atoms with Crippen LogP contribution in [-0.4, -0.2) is 58.9 Å². The minimum Gasteiger partial charge on any atom is -0.351 e. The molecule has 7 nitrogen and oxygen atoms in total. The topological polar surface area (TPSA) is 81.8 Å². The Labute approximate surface area is 153 Å². The summed E-state index contributed by atoms with van der Waals surface area (Å²) >= 11 is 0. The number of hydrogen-bond acceptors (Lipinski definition) is 4. The first-order valence-corrected chi connectivity index (χ1v) is 9.05. The Kier molecular flexibility index (Phi) is 5.27. The molecular weight excluding hydrogens is 332 g/mol. The minimum atomic E-state index is -0.950. The van der Waals surface area contributed by atoms with Gasteiger partial charge in [0.1, 0.15) is 12.1 Å². The maximum atomic E-state index is 12.3. The molecule has 4 amide bonds. The second-order valence-corrected chi connectivity index (χ2v) is 7.57. The molecule has 0 saturated carbocycles. The van der Waals surface area contributed by atoms with Gasteiger partial charge in [0.05, 0.1) is 0 Å². The molecule has 2 saturated heterocycles. The summed E-state index contributed by atoms with van der Waals surface area (Å²) in [5.74, 6) is -0.662. The van der Waals surface area contributed by atoms with E-state index in [9.17, 15) is 14.4 Å². The largest absolute Gasteiger partial charge is 0.351 e. The Balaban J connectivity index is 1.51. The number of carbonyl (C=O) groups is 3. The van der Waals surface area contributed by atoms with Crippen LogP contribution in [0.3, 0.4) is 0 Å². The molecule has 3 rings (SSSR count). The van der Waals surface area contributed by atoms with Crippen molar-refractivity contribution in [1.29, 1.82) is 0 Å². The lowest BCUT2D eigenvalue weighted by Crippen LogP contribution is -2.50. The molecular formula is C19H26N4O3. The molecule has 26 heavy (non-hydrogen) atoms. The molecule has 1 aromatic rings. The number of nitrogens with one attached hydrogen (secondary N) is 2. The van der Waals surface area contributed by atoms with Gasteiger partial charge in [-0.15, -0.1) is 0 Å². The first-order chi connectivity index (χ1) is 12.3. The molecule has 0 aromatic heterocycles. The fourth-order valence-electron chi connectivity index (χ4n) is 3.54. The summed E-state index contributed by atoms with van der Waals surface area (Å²) < 4.78 is 0. The van der Waals surface area contributed by atoms with Crippen molar-refractivity contribution in [3.05, 3.63) is 35.9 Å². The van der Waals surface area contributed by atoms with Gasteiger partial charge in [0.2, 0.25) is 5.91 Å². The van der Waals surface area contributed by atoms with Crippen molar-refractivity contribution >= 4 is 17.8 Å². The van der Waals surface area contributed by atoms with Crippen LogP contribution in [0.15, 0.2) is 30.3 Å². The summed E-state index contributed by atoms with van der Waals surface area (Å²) in [4.78, 5) is 39.7. The Morgan fingerprint density at radius 1 is 1.27 bits per heavy atom. The summed E-state index contributed by atoms with van der Waals surface area (Å²) in [6.45, 7) is 5.66. The average Bonchev–Trinajstić information content (AvgIpc) is 2.78. The predicted molar refractivity (Wildman–Crippen MR) is 97.2 cm³/mol. The van der Waals surface area contributed by atoms with Crippen LogP contribution >= 0.6 is 0 Å². The zero-order valence-corrected chi connectivity index (χ0v) is 15.3. The van der Waals surface area contributed by atoms with Gasteiger partial charge in [0.15, 0.2) is 0 Å². The predicted octanol–water partition coefficient (Wildman–Crippen LogP) is 1.10. The first-order valence-electron chi connectivity index (χ1n) is 9.05. The number of urea groups is 1. The van der Waals surface area contributed by atoms with Gasteiger partial charge in [-0.1, -0.05) is 30.3 Å². The van der Waals surface area contributed by atoms with Crippen LogP contribution in [0.2, 0.25) is 0 Å². The zero-order chi connectivity index (χ0) is 18.7. The summed E-state index contributed by atoms with van der Waals surface area (Å²) in [5, 5.41) is 5.56. The van der Waals surface area contributed by atoms with Gasteiger partial charge < -0.3 is 10.6 Å². The number of amides is 4. The van der Waals surface area contributed by atoms with Crippen LogP contribution < -0.4 is 10.6 Å². The standard InChI is InChI=1S/C19H26N4O3/c1-19(2)17(25)23(18(26)21-19)13-16(24)20-15-9-6-10-22(12-15)11-14-7-4-3-5-8-14/h3-5,7-8,15H,6,9-13H2,1-2H3,(H,20,24)(H,21,26). The number of rotatable bonds is 5. The third kappa shape index (κ3) is 4.22. The van der Waals surface area contributed by atoms with Gasteiger partial charge in [-0.3, -0.25) is 19.4 Å². The Hall–Kier alpha value is -2.41. The number of imide groups is 1. The maximum Gasteiger partial charge on any atom is 0.325 e. The second-order valence-electron chi connectivity index (χ2n) is 7.57. The number of likely N-dealkylation sites (tertiary alicyclic amines) is 1. The monoisotopic (exact) mass is 358 g/mol. The Morgan fingerprint density at radius 3 is 2.65 bits per heavy atom. The van der Waals surface area contributed by atoms with Crippen molar-refractivity contribution in [3.63, 3.8) is 0 Å². The first kappa shape index (κ1) is 18.4. The molecule has 2 N–H and O–H groups in total. The number of nitrogens with zero attached hydrogens (tertiary/aromatic N) is 2. The Morgan fingerprint density at radius 2 is 2.00 bits per heavy atom. The molecule has 1 unspecified atom stereocenters. The third-order valence-corrected chi connectivity index (χ3v) is 4.87. The van der Waals surface area contributed by atoms with Gasteiger partial charge in [-0.25, -0.2) is 4.79 Å². The lowest BCUT2D eigenvalue weighted by Gasteiger charge is -2.33. The van der Waals surface area contributed by atoms with Gasteiger partial charge in [-0.05, 0) is 38.8 Å². The van der Waals surface area contributed by atoms with Gasteiger partial charge in [-0.2, -0.15) is 0 Å². The van der Waals surface area contributed by atoms with E-state index in [1.54, 1.807) is 13.8 Å². The second kappa shape index (κ2) is 7.45. The van der Waals surface area contributed by atoms with Crippen LogP contribution in [0, 0.1) is 0 Å². The summed E-state index contributed by atoms with van der Waals surface area (Å²) in [6.07, 6.45) is 1.91. The van der Waals surface area contributed by atoms with Crippen molar-refractivity contribution < 1.29 is 14.4 Å². The molecule has 1 atom stereocenters. The normalized spacial score (nSPS) is 23.0. The molecule has 0 aliphatic carbocycles. The molecule has 2 aliphatic heterocycles. The van der Waals surface area contributed by atoms with E-state index in [1.165, 1.54) is 5.56 Å². The maximum absolute atomic E-state index is 12.3. The summed E-state index contributed by atoms with van der Waals surface area (Å²) in [5.41, 5.74) is 0.301. The van der Waals surface area contributed by atoms with Gasteiger partial charge in [0.25, 0.3) is 5.91 Å². The highest BCUT2D eigenvalue weighted by atomic mass is 16.2.